The first-order valence-electron chi connectivity index (χ1n) is 7.91. The van der Waals surface area contributed by atoms with E-state index in [0.717, 1.165) is 41.6 Å². The van der Waals surface area contributed by atoms with Crippen molar-refractivity contribution in [2.24, 2.45) is 0 Å². The molecule has 0 unspecified atom stereocenters. The number of H-pyrrole nitrogens is 1. The lowest BCUT2D eigenvalue weighted by molar-refractivity contribution is 0.665. The van der Waals surface area contributed by atoms with Crippen molar-refractivity contribution in [3.63, 3.8) is 0 Å². The summed E-state index contributed by atoms with van der Waals surface area (Å²) >= 11 is 0. The molecular weight excluding hydrogens is 288 g/mol. The van der Waals surface area contributed by atoms with Gasteiger partial charge in [0, 0.05) is 16.8 Å². The first kappa shape index (κ1) is 13.9. The van der Waals surface area contributed by atoms with Gasteiger partial charge in [0.15, 0.2) is 5.82 Å². The Morgan fingerprint density at radius 1 is 1.00 bits per heavy atom. The van der Waals surface area contributed by atoms with Gasteiger partial charge in [-0.15, -0.1) is 5.10 Å². The molecule has 6 nitrogen and oxygen atoms in total. The molecule has 6 heteroatoms. The van der Waals surface area contributed by atoms with E-state index in [0.29, 0.717) is 5.95 Å². The molecule has 0 atom stereocenters. The van der Waals surface area contributed by atoms with Crippen molar-refractivity contribution in [2.45, 2.75) is 32.6 Å². The van der Waals surface area contributed by atoms with Crippen LogP contribution < -0.4 is 5.32 Å². The number of hydrogen-bond donors (Lipinski definition) is 2. The standard InChI is InChI=1S/C17H18N6/c1-11-18-17(23-22-11)21-16-13-9-5-6-10-14(13)19-15(20-16)12-7-3-2-4-8-12/h2-4,7-8H,5-6,9-10H2,1H3,(H2,18,19,20,21,22,23). The molecule has 0 saturated heterocycles. The first-order valence-corrected chi connectivity index (χ1v) is 7.91. The van der Waals surface area contributed by atoms with Crippen molar-refractivity contribution in [2.75, 3.05) is 5.32 Å². The van der Waals surface area contributed by atoms with Crippen LogP contribution in [0.3, 0.4) is 0 Å². The smallest absolute Gasteiger partial charge is 0.247 e. The predicted octanol–water partition coefficient (Wildman–Crippen LogP) is 3.19. The minimum Gasteiger partial charge on any atom is -0.307 e. The van der Waals surface area contributed by atoms with E-state index in [1.807, 2.05) is 37.3 Å². The summed E-state index contributed by atoms with van der Waals surface area (Å²) in [5.41, 5.74) is 3.35. The van der Waals surface area contributed by atoms with Crippen molar-refractivity contribution in [3.05, 3.63) is 47.4 Å². The predicted molar refractivity (Wildman–Crippen MR) is 88.5 cm³/mol. The highest BCUT2D eigenvalue weighted by molar-refractivity contribution is 5.62. The fraction of sp³-hybridized carbons (Fsp3) is 0.294. The average Bonchev–Trinajstić information content (AvgIpc) is 3.00. The lowest BCUT2D eigenvalue weighted by atomic mass is 9.96. The molecule has 2 aromatic heterocycles. The van der Waals surface area contributed by atoms with Gasteiger partial charge in [0.1, 0.15) is 11.6 Å². The topological polar surface area (TPSA) is 79.4 Å². The van der Waals surface area contributed by atoms with Gasteiger partial charge < -0.3 is 5.32 Å². The van der Waals surface area contributed by atoms with Crippen molar-refractivity contribution in [1.29, 1.82) is 0 Å². The number of nitrogens with one attached hydrogen (secondary N) is 2. The Hall–Kier alpha value is -2.76. The summed E-state index contributed by atoms with van der Waals surface area (Å²) in [5, 5.41) is 10.3. The highest BCUT2D eigenvalue weighted by Gasteiger charge is 2.19. The molecule has 1 aliphatic carbocycles. The second-order valence-electron chi connectivity index (χ2n) is 5.76. The third-order valence-electron chi connectivity index (χ3n) is 4.04. The number of aryl methyl sites for hydroxylation is 2. The fourth-order valence-electron chi connectivity index (χ4n) is 2.92. The maximum Gasteiger partial charge on any atom is 0.247 e. The minimum atomic E-state index is 0.549. The van der Waals surface area contributed by atoms with Crippen LogP contribution in [0, 0.1) is 6.92 Å². The number of anilines is 2. The Balaban J connectivity index is 1.79. The molecule has 2 heterocycles. The monoisotopic (exact) mass is 306 g/mol. The largest absolute Gasteiger partial charge is 0.307 e. The lowest BCUT2D eigenvalue weighted by Gasteiger charge is -2.19. The van der Waals surface area contributed by atoms with Crippen molar-refractivity contribution < 1.29 is 0 Å². The van der Waals surface area contributed by atoms with E-state index in [9.17, 15) is 0 Å². The summed E-state index contributed by atoms with van der Waals surface area (Å²) in [7, 11) is 0. The van der Waals surface area contributed by atoms with Gasteiger partial charge in [-0.2, -0.15) is 4.98 Å². The summed E-state index contributed by atoms with van der Waals surface area (Å²) in [6.45, 7) is 1.88. The second-order valence-corrected chi connectivity index (χ2v) is 5.76. The van der Waals surface area contributed by atoms with Crippen LogP contribution in [0.25, 0.3) is 11.4 Å². The van der Waals surface area contributed by atoms with Gasteiger partial charge in [-0.25, -0.2) is 9.97 Å². The van der Waals surface area contributed by atoms with Gasteiger partial charge in [0.05, 0.1) is 0 Å². The number of benzene rings is 1. The van der Waals surface area contributed by atoms with E-state index < -0.39 is 0 Å². The van der Waals surface area contributed by atoms with Crippen molar-refractivity contribution in [1.82, 2.24) is 25.1 Å². The normalized spacial score (nSPS) is 13.6. The molecule has 0 aliphatic heterocycles. The third-order valence-corrected chi connectivity index (χ3v) is 4.04. The van der Waals surface area contributed by atoms with Crippen LogP contribution in [0.4, 0.5) is 11.8 Å². The molecule has 4 rings (SSSR count). The van der Waals surface area contributed by atoms with E-state index in [1.54, 1.807) is 0 Å². The molecule has 0 bridgehead atoms. The molecular formula is C17H18N6. The van der Waals surface area contributed by atoms with Crippen LogP contribution in [0.1, 0.15) is 29.9 Å². The zero-order valence-corrected chi connectivity index (χ0v) is 13.0. The minimum absolute atomic E-state index is 0.549. The molecule has 2 N–H and O–H groups in total. The molecule has 0 amide bonds. The summed E-state index contributed by atoms with van der Waals surface area (Å²) < 4.78 is 0. The van der Waals surface area contributed by atoms with Crippen molar-refractivity contribution in [3.8, 4) is 11.4 Å². The van der Waals surface area contributed by atoms with Crippen LogP contribution in [-0.4, -0.2) is 25.1 Å². The number of fused-ring (bicyclic) bond motifs is 1. The number of hydrogen-bond acceptors (Lipinski definition) is 5. The molecule has 23 heavy (non-hydrogen) atoms. The Labute approximate surface area is 134 Å². The zero-order valence-electron chi connectivity index (χ0n) is 13.0. The fourth-order valence-corrected chi connectivity index (χ4v) is 2.92. The molecule has 1 aliphatic rings. The van der Waals surface area contributed by atoms with Gasteiger partial charge in [-0.3, -0.25) is 5.10 Å². The SMILES string of the molecule is Cc1nc(Nc2nc(-c3ccccc3)nc3c2CCCC3)n[nH]1. The number of rotatable bonds is 3. The van der Waals surface area contributed by atoms with Gasteiger partial charge >= 0.3 is 0 Å². The Bertz CT molecular complexity index is 824. The highest BCUT2D eigenvalue weighted by Crippen LogP contribution is 2.29. The van der Waals surface area contributed by atoms with E-state index >= 15 is 0 Å². The maximum absolute atomic E-state index is 4.79. The number of nitrogens with zero attached hydrogens (tertiary/aromatic N) is 4. The summed E-state index contributed by atoms with van der Waals surface area (Å²) in [6.07, 6.45) is 4.34. The van der Waals surface area contributed by atoms with Crippen LogP contribution >= 0.6 is 0 Å². The van der Waals surface area contributed by atoms with E-state index in [1.165, 1.54) is 18.4 Å². The molecule has 3 aromatic rings. The molecule has 0 fully saturated rings. The van der Waals surface area contributed by atoms with Gasteiger partial charge in [0.2, 0.25) is 5.95 Å². The van der Waals surface area contributed by atoms with E-state index in [2.05, 4.69) is 20.5 Å². The van der Waals surface area contributed by atoms with Crippen molar-refractivity contribution >= 4 is 11.8 Å². The van der Waals surface area contributed by atoms with Crippen LogP contribution in [0.2, 0.25) is 0 Å². The van der Waals surface area contributed by atoms with E-state index in [4.69, 9.17) is 9.97 Å². The Morgan fingerprint density at radius 2 is 1.83 bits per heavy atom. The zero-order chi connectivity index (χ0) is 15.6. The van der Waals surface area contributed by atoms with Crippen LogP contribution in [-0.2, 0) is 12.8 Å². The molecule has 1 aromatic carbocycles. The molecule has 0 spiro atoms. The quantitative estimate of drug-likeness (QED) is 0.777. The maximum atomic E-state index is 4.79. The first-order chi connectivity index (χ1) is 11.3. The summed E-state index contributed by atoms with van der Waals surface area (Å²) in [5.74, 6) is 2.90. The third kappa shape index (κ3) is 2.79. The van der Waals surface area contributed by atoms with Gasteiger partial charge in [-0.05, 0) is 32.6 Å². The molecule has 116 valence electrons. The number of aromatic amines is 1. The summed E-state index contributed by atoms with van der Waals surface area (Å²) in [6, 6.07) is 10.1. The van der Waals surface area contributed by atoms with Crippen LogP contribution in [0.15, 0.2) is 30.3 Å². The van der Waals surface area contributed by atoms with Gasteiger partial charge in [0.25, 0.3) is 0 Å². The molecule has 0 saturated carbocycles. The Kier molecular flexibility index (Phi) is 3.49. The Morgan fingerprint density at radius 3 is 2.61 bits per heavy atom. The number of aromatic nitrogens is 5. The average molecular weight is 306 g/mol. The van der Waals surface area contributed by atoms with E-state index in [-0.39, 0.29) is 0 Å². The highest BCUT2D eigenvalue weighted by atomic mass is 15.3. The summed E-state index contributed by atoms with van der Waals surface area (Å²) in [4.78, 5) is 13.9. The van der Waals surface area contributed by atoms with Gasteiger partial charge in [-0.1, -0.05) is 30.3 Å². The lowest BCUT2D eigenvalue weighted by Crippen LogP contribution is -2.12. The molecule has 0 radical (unpaired) electrons. The second kappa shape index (κ2) is 5.79. The van der Waals surface area contributed by atoms with Crippen LogP contribution in [0.5, 0.6) is 0 Å².